The van der Waals surface area contributed by atoms with Gasteiger partial charge in [-0.1, -0.05) is 36.4 Å². The van der Waals surface area contributed by atoms with Gasteiger partial charge in [0.15, 0.2) is 5.69 Å². The Labute approximate surface area is 211 Å². The van der Waals surface area contributed by atoms with Crippen molar-refractivity contribution in [1.29, 1.82) is 0 Å². The van der Waals surface area contributed by atoms with Crippen molar-refractivity contribution in [3.05, 3.63) is 77.5 Å². The largest absolute Gasteiger partial charge is 0.416 e. The van der Waals surface area contributed by atoms with Gasteiger partial charge in [-0.25, -0.2) is 9.48 Å². The van der Waals surface area contributed by atoms with Crippen molar-refractivity contribution in [2.75, 3.05) is 25.0 Å². The number of hydrogen-bond acceptors (Lipinski definition) is 5. The summed E-state index contributed by atoms with van der Waals surface area (Å²) in [4.78, 5) is 25.4. The summed E-state index contributed by atoms with van der Waals surface area (Å²) in [5.74, 6) is -0.400. The zero-order valence-corrected chi connectivity index (χ0v) is 19.8. The number of aliphatic hydroxyl groups is 1. The number of halogens is 3. The van der Waals surface area contributed by atoms with Crippen LogP contribution >= 0.6 is 0 Å². The van der Waals surface area contributed by atoms with Gasteiger partial charge in [0.1, 0.15) is 5.82 Å². The van der Waals surface area contributed by atoms with E-state index in [1.807, 2.05) is 0 Å². The van der Waals surface area contributed by atoms with Crippen LogP contribution in [0.15, 0.2) is 60.7 Å². The maximum atomic E-state index is 13.2. The maximum Gasteiger partial charge on any atom is 0.416 e. The SMILES string of the molecule is O=C(NCc1ccccc1C(F)(F)F)Nc1cc(C(=O)NCC2(O)CCNCC2)nn1-c1ccccc1. The lowest BCUT2D eigenvalue weighted by molar-refractivity contribution is -0.138. The van der Waals surface area contributed by atoms with Crippen molar-refractivity contribution in [3.8, 4) is 5.69 Å². The summed E-state index contributed by atoms with van der Waals surface area (Å²) in [6, 6.07) is 14.3. The number of piperidine rings is 1. The second-order valence-electron chi connectivity index (χ2n) is 8.78. The van der Waals surface area contributed by atoms with E-state index in [9.17, 15) is 27.9 Å². The van der Waals surface area contributed by atoms with Gasteiger partial charge in [0.25, 0.3) is 5.91 Å². The molecule has 9 nitrogen and oxygen atoms in total. The van der Waals surface area contributed by atoms with Gasteiger partial charge in [0.05, 0.1) is 16.9 Å². The Morgan fingerprint density at radius 2 is 1.70 bits per heavy atom. The smallest absolute Gasteiger partial charge is 0.388 e. The Balaban J connectivity index is 1.48. The number of carbonyl (C=O) groups is 2. The molecule has 1 saturated heterocycles. The fourth-order valence-electron chi connectivity index (χ4n) is 4.04. The van der Waals surface area contributed by atoms with Crippen LogP contribution in [-0.2, 0) is 12.7 Å². The number of benzene rings is 2. The molecule has 37 heavy (non-hydrogen) atoms. The lowest BCUT2D eigenvalue weighted by atomic mass is 9.92. The van der Waals surface area contributed by atoms with Crippen LogP contribution in [0.2, 0.25) is 0 Å². The number of hydrogen-bond donors (Lipinski definition) is 5. The minimum atomic E-state index is -4.55. The van der Waals surface area contributed by atoms with Crippen molar-refractivity contribution in [2.45, 2.75) is 31.2 Å². The Morgan fingerprint density at radius 1 is 1.03 bits per heavy atom. The predicted molar refractivity (Wildman–Crippen MR) is 130 cm³/mol. The van der Waals surface area contributed by atoms with Gasteiger partial charge in [-0.3, -0.25) is 10.1 Å². The van der Waals surface area contributed by atoms with Crippen LogP contribution in [0.25, 0.3) is 5.69 Å². The van der Waals surface area contributed by atoms with Gasteiger partial charge in [0, 0.05) is 19.2 Å². The summed E-state index contributed by atoms with van der Waals surface area (Å²) in [5.41, 5.74) is -1.39. The fraction of sp³-hybridized carbons (Fsp3) is 0.320. The number of amides is 3. The lowest BCUT2D eigenvalue weighted by Gasteiger charge is -2.32. The Morgan fingerprint density at radius 3 is 2.41 bits per heavy atom. The van der Waals surface area contributed by atoms with E-state index in [4.69, 9.17) is 0 Å². The van der Waals surface area contributed by atoms with E-state index in [0.29, 0.717) is 31.6 Å². The van der Waals surface area contributed by atoms with Crippen LogP contribution in [0.4, 0.5) is 23.8 Å². The second-order valence-corrected chi connectivity index (χ2v) is 8.78. The average molecular weight is 517 g/mol. The Hall–Kier alpha value is -3.90. The fourth-order valence-corrected chi connectivity index (χ4v) is 4.04. The summed E-state index contributed by atoms with van der Waals surface area (Å²) in [7, 11) is 0. The molecule has 196 valence electrons. The number of urea groups is 1. The molecule has 2 aromatic carbocycles. The maximum absolute atomic E-state index is 13.2. The molecule has 3 amide bonds. The number of para-hydroxylation sites is 1. The highest BCUT2D eigenvalue weighted by Crippen LogP contribution is 2.31. The zero-order valence-electron chi connectivity index (χ0n) is 19.8. The molecular weight excluding hydrogens is 489 g/mol. The van der Waals surface area contributed by atoms with E-state index >= 15 is 0 Å². The van der Waals surface area contributed by atoms with E-state index in [1.54, 1.807) is 30.3 Å². The van der Waals surface area contributed by atoms with E-state index in [2.05, 4.69) is 26.4 Å². The first-order chi connectivity index (χ1) is 17.6. The highest BCUT2D eigenvalue weighted by Gasteiger charge is 2.33. The zero-order chi connectivity index (χ0) is 26.5. The first-order valence-corrected chi connectivity index (χ1v) is 11.7. The van der Waals surface area contributed by atoms with Gasteiger partial charge in [0.2, 0.25) is 0 Å². The summed E-state index contributed by atoms with van der Waals surface area (Å²) in [5, 5.41) is 25.8. The minimum Gasteiger partial charge on any atom is -0.388 e. The van der Waals surface area contributed by atoms with Crippen LogP contribution < -0.4 is 21.3 Å². The number of aromatic nitrogens is 2. The van der Waals surface area contributed by atoms with Crippen molar-refractivity contribution in [3.63, 3.8) is 0 Å². The van der Waals surface area contributed by atoms with Crippen LogP contribution in [0.1, 0.15) is 34.5 Å². The van der Waals surface area contributed by atoms with Crippen LogP contribution in [0, 0.1) is 0 Å². The lowest BCUT2D eigenvalue weighted by Crippen LogP contribution is -2.49. The van der Waals surface area contributed by atoms with E-state index in [-0.39, 0.29) is 30.2 Å². The third kappa shape index (κ3) is 6.66. The molecule has 5 N–H and O–H groups in total. The summed E-state index contributed by atoms with van der Waals surface area (Å²) < 4.78 is 41.1. The molecule has 0 atom stereocenters. The molecule has 0 saturated carbocycles. The monoisotopic (exact) mass is 516 g/mol. The first kappa shape index (κ1) is 26.2. The number of rotatable bonds is 7. The van der Waals surface area contributed by atoms with E-state index < -0.39 is 29.3 Å². The second kappa shape index (κ2) is 11.0. The molecule has 0 radical (unpaired) electrons. The van der Waals surface area contributed by atoms with Crippen LogP contribution in [0.3, 0.4) is 0 Å². The topological polar surface area (TPSA) is 120 Å². The van der Waals surface area contributed by atoms with Crippen molar-refractivity contribution in [2.24, 2.45) is 0 Å². The van der Waals surface area contributed by atoms with Gasteiger partial charge >= 0.3 is 12.2 Å². The van der Waals surface area contributed by atoms with E-state index in [1.165, 1.54) is 28.9 Å². The summed E-state index contributed by atoms with van der Waals surface area (Å²) in [6.45, 7) is 0.979. The minimum absolute atomic E-state index is 0.000829. The molecule has 2 heterocycles. The molecule has 0 spiro atoms. The number of nitrogens with one attached hydrogen (secondary N) is 4. The van der Waals surface area contributed by atoms with Gasteiger partial charge in [-0.15, -0.1) is 0 Å². The molecular formula is C25H27F3N6O3. The summed E-state index contributed by atoms with van der Waals surface area (Å²) >= 11 is 0. The standard InChI is InChI=1S/C25H27F3N6O3/c26-25(27,28)19-9-5-4-6-17(19)15-30-23(36)32-21-14-20(33-34(21)18-7-2-1-3-8-18)22(35)31-16-24(37)10-12-29-13-11-24/h1-9,14,29,37H,10-13,15-16H2,(H,31,35)(H2,30,32,36). The third-order valence-corrected chi connectivity index (χ3v) is 6.06. The molecule has 0 aliphatic carbocycles. The van der Waals surface area contributed by atoms with Crippen molar-refractivity contribution >= 4 is 17.8 Å². The Bertz CT molecular complexity index is 1240. The van der Waals surface area contributed by atoms with Crippen molar-refractivity contribution < 1.29 is 27.9 Å². The normalized spacial score (nSPS) is 15.1. The molecule has 1 fully saturated rings. The van der Waals surface area contributed by atoms with Crippen molar-refractivity contribution in [1.82, 2.24) is 25.7 Å². The van der Waals surface area contributed by atoms with E-state index in [0.717, 1.165) is 6.07 Å². The number of carbonyl (C=O) groups excluding carboxylic acids is 2. The van der Waals surface area contributed by atoms with Gasteiger partial charge < -0.3 is 21.1 Å². The molecule has 1 aromatic heterocycles. The van der Waals surface area contributed by atoms with Crippen LogP contribution in [-0.4, -0.2) is 52.1 Å². The molecule has 12 heteroatoms. The quantitative estimate of drug-likeness (QED) is 0.331. The third-order valence-electron chi connectivity index (χ3n) is 6.06. The number of alkyl halides is 3. The molecule has 1 aliphatic rings. The van der Waals surface area contributed by atoms with Crippen LogP contribution in [0.5, 0.6) is 0 Å². The molecule has 4 rings (SSSR count). The molecule has 0 unspecified atom stereocenters. The summed E-state index contributed by atoms with van der Waals surface area (Å²) in [6.07, 6.45) is -3.56. The number of anilines is 1. The highest BCUT2D eigenvalue weighted by atomic mass is 19.4. The average Bonchev–Trinajstić information content (AvgIpc) is 3.30. The Kier molecular flexibility index (Phi) is 7.79. The van der Waals surface area contributed by atoms with Gasteiger partial charge in [-0.2, -0.15) is 18.3 Å². The number of nitrogens with zero attached hydrogens (tertiary/aromatic N) is 2. The highest BCUT2D eigenvalue weighted by molar-refractivity contribution is 5.95. The first-order valence-electron chi connectivity index (χ1n) is 11.7. The van der Waals surface area contributed by atoms with Gasteiger partial charge in [-0.05, 0) is 49.7 Å². The molecule has 0 bridgehead atoms. The predicted octanol–water partition coefficient (Wildman–Crippen LogP) is 3.06. The molecule has 1 aliphatic heterocycles. The molecule has 3 aromatic rings.